The van der Waals surface area contributed by atoms with Crippen LogP contribution in [0.3, 0.4) is 0 Å². The van der Waals surface area contributed by atoms with Crippen molar-refractivity contribution >= 4 is 23.3 Å². The van der Waals surface area contributed by atoms with Crippen molar-refractivity contribution in [3.8, 4) is 5.75 Å². The van der Waals surface area contributed by atoms with Gasteiger partial charge in [0.2, 0.25) is 0 Å². The zero-order chi connectivity index (χ0) is 17.5. The first-order chi connectivity index (χ1) is 11.6. The number of hydrogen-bond acceptors (Lipinski definition) is 4. The van der Waals surface area contributed by atoms with Crippen LogP contribution >= 0.6 is 12.2 Å². The summed E-state index contributed by atoms with van der Waals surface area (Å²) in [6.07, 6.45) is 3.01. The van der Waals surface area contributed by atoms with Crippen LogP contribution in [0.25, 0.3) is 0 Å². The van der Waals surface area contributed by atoms with Crippen LogP contribution < -0.4 is 15.4 Å². The van der Waals surface area contributed by atoms with Crippen molar-refractivity contribution in [1.29, 1.82) is 0 Å². The van der Waals surface area contributed by atoms with Gasteiger partial charge in [-0.3, -0.25) is 0 Å². The number of hydrogen-bond donors (Lipinski definition) is 2. The van der Waals surface area contributed by atoms with E-state index in [9.17, 15) is 4.79 Å². The molecule has 0 spiro atoms. The topological polar surface area (TPSA) is 59.6 Å². The number of nitrogens with one attached hydrogen (secondary N) is 2. The molecule has 0 unspecified atom stereocenters. The van der Waals surface area contributed by atoms with E-state index in [1.54, 1.807) is 7.11 Å². The van der Waals surface area contributed by atoms with Gasteiger partial charge in [0.25, 0.3) is 0 Å². The maximum Gasteiger partial charge on any atom is 0.338 e. The molecule has 0 fully saturated rings. The lowest BCUT2D eigenvalue weighted by Crippen LogP contribution is -2.45. The van der Waals surface area contributed by atoms with Gasteiger partial charge in [-0.15, -0.1) is 0 Å². The highest BCUT2D eigenvalue weighted by Crippen LogP contribution is 2.28. The average Bonchev–Trinajstić information content (AvgIpc) is 2.58. The second-order valence-electron chi connectivity index (χ2n) is 5.69. The molecule has 0 aliphatic carbocycles. The third-order valence-corrected chi connectivity index (χ3v) is 4.14. The van der Waals surface area contributed by atoms with Crippen molar-refractivity contribution in [2.45, 2.75) is 39.2 Å². The molecule has 1 aliphatic heterocycles. The third kappa shape index (κ3) is 4.47. The van der Waals surface area contributed by atoms with Gasteiger partial charge < -0.3 is 20.1 Å². The molecular formula is C18H24N2O3S. The number of carbonyl (C=O) groups is 1. The number of benzene rings is 1. The highest BCUT2D eigenvalue weighted by Gasteiger charge is 2.30. The summed E-state index contributed by atoms with van der Waals surface area (Å²) in [5, 5.41) is 6.66. The number of thiocarbonyl (C=S) groups is 1. The Hall–Kier alpha value is -2.08. The minimum Gasteiger partial charge on any atom is -0.497 e. The Kier molecular flexibility index (Phi) is 6.61. The van der Waals surface area contributed by atoms with E-state index >= 15 is 0 Å². The Morgan fingerprint density at radius 1 is 1.25 bits per heavy atom. The van der Waals surface area contributed by atoms with Gasteiger partial charge >= 0.3 is 5.97 Å². The van der Waals surface area contributed by atoms with Crippen molar-refractivity contribution in [3.63, 3.8) is 0 Å². The van der Waals surface area contributed by atoms with E-state index in [1.165, 1.54) is 0 Å². The molecule has 2 rings (SSSR count). The van der Waals surface area contributed by atoms with Gasteiger partial charge in [0.15, 0.2) is 5.11 Å². The predicted molar refractivity (Wildman–Crippen MR) is 97.8 cm³/mol. The van der Waals surface area contributed by atoms with Gasteiger partial charge in [0.1, 0.15) is 5.75 Å². The SMILES string of the molecule is CCCCCOC(=O)C1=C(C)NC(=S)N[C@H]1c1ccc(OC)cc1. The summed E-state index contributed by atoms with van der Waals surface area (Å²) in [5.74, 6) is 0.451. The van der Waals surface area contributed by atoms with E-state index in [0.29, 0.717) is 17.3 Å². The van der Waals surface area contributed by atoms with E-state index in [4.69, 9.17) is 21.7 Å². The van der Waals surface area contributed by atoms with Gasteiger partial charge in [-0.25, -0.2) is 4.79 Å². The molecule has 0 radical (unpaired) electrons. The molecule has 0 saturated heterocycles. The number of methoxy groups -OCH3 is 1. The largest absolute Gasteiger partial charge is 0.497 e. The van der Waals surface area contributed by atoms with Crippen molar-refractivity contribution in [2.75, 3.05) is 13.7 Å². The second kappa shape index (κ2) is 8.68. The summed E-state index contributed by atoms with van der Waals surface area (Å²) in [6.45, 7) is 4.39. The van der Waals surface area contributed by atoms with Crippen LogP contribution in [0.5, 0.6) is 5.75 Å². The Morgan fingerprint density at radius 3 is 2.58 bits per heavy atom. The highest BCUT2D eigenvalue weighted by atomic mass is 32.1. The van der Waals surface area contributed by atoms with Gasteiger partial charge in [-0.05, 0) is 43.3 Å². The molecule has 6 heteroatoms. The Morgan fingerprint density at radius 2 is 1.96 bits per heavy atom. The summed E-state index contributed by atoms with van der Waals surface area (Å²) < 4.78 is 10.6. The van der Waals surface area contributed by atoms with Gasteiger partial charge in [0.05, 0.1) is 25.3 Å². The smallest absolute Gasteiger partial charge is 0.338 e. The molecule has 5 nitrogen and oxygen atoms in total. The molecule has 0 bridgehead atoms. The monoisotopic (exact) mass is 348 g/mol. The number of unbranched alkanes of at least 4 members (excludes halogenated alkanes) is 2. The van der Waals surface area contributed by atoms with Crippen LogP contribution in [0.2, 0.25) is 0 Å². The number of allylic oxidation sites excluding steroid dienone is 1. The molecule has 1 heterocycles. The minimum absolute atomic E-state index is 0.313. The molecular weight excluding hydrogens is 324 g/mol. The number of rotatable bonds is 7. The third-order valence-electron chi connectivity index (χ3n) is 3.92. The first kappa shape index (κ1) is 18.3. The maximum atomic E-state index is 12.6. The van der Waals surface area contributed by atoms with Gasteiger partial charge in [-0.2, -0.15) is 0 Å². The molecule has 1 aliphatic rings. The first-order valence-electron chi connectivity index (χ1n) is 8.16. The van der Waals surface area contributed by atoms with Gasteiger partial charge in [0, 0.05) is 5.70 Å². The fraction of sp³-hybridized carbons (Fsp3) is 0.444. The minimum atomic E-state index is -0.330. The molecule has 0 saturated carbocycles. The first-order valence-corrected chi connectivity index (χ1v) is 8.57. The summed E-state index contributed by atoms with van der Waals surface area (Å²) in [7, 11) is 1.62. The van der Waals surface area contributed by atoms with Gasteiger partial charge in [-0.1, -0.05) is 31.9 Å². The second-order valence-corrected chi connectivity index (χ2v) is 6.09. The predicted octanol–water partition coefficient (Wildman–Crippen LogP) is 3.22. The van der Waals surface area contributed by atoms with E-state index in [2.05, 4.69) is 17.6 Å². The van der Waals surface area contributed by atoms with Crippen LogP contribution in [-0.4, -0.2) is 24.8 Å². The summed E-state index contributed by atoms with van der Waals surface area (Å²) in [5.41, 5.74) is 2.21. The number of carbonyl (C=O) groups excluding carboxylic acids is 1. The molecule has 1 atom stereocenters. The standard InChI is InChI=1S/C18H24N2O3S/c1-4-5-6-11-23-17(21)15-12(2)19-18(24)20-16(15)13-7-9-14(22-3)10-8-13/h7-10,16H,4-6,11H2,1-3H3,(H2,19,20,24)/t16-/m0/s1. The molecule has 1 aromatic carbocycles. The highest BCUT2D eigenvalue weighted by molar-refractivity contribution is 7.80. The van der Waals surface area contributed by atoms with Crippen molar-refractivity contribution in [1.82, 2.24) is 10.6 Å². The molecule has 2 N–H and O–H groups in total. The van der Waals surface area contributed by atoms with Crippen molar-refractivity contribution in [3.05, 3.63) is 41.1 Å². The molecule has 24 heavy (non-hydrogen) atoms. The maximum absolute atomic E-state index is 12.6. The zero-order valence-corrected chi connectivity index (χ0v) is 15.2. The fourth-order valence-electron chi connectivity index (χ4n) is 2.61. The zero-order valence-electron chi connectivity index (χ0n) is 14.3. The van der Waals surface area contributed by atoms with E-state index in [0.717, 1.165) is 36.3 Å². The van der Waals surface area contributed by atoms with Crippen LogP contribution in [0, 0.1) is 0 Å². The lowest BCUT2D eigenvalue weighted by molar-refractivity contribution is -0.139. The summed E-state index contributed by atoms with van der Waals surface area (Å²) in [4.78, 5) is 12.6. The lowest BCUT2D eigenvalue weighted by atomic mass is 9.95. The quantitative estimate of drug-likeness (QED) is 0.448. The number of esters is 1. The Balaban J connectivity index is 2.21. The Labute approximate surface area is 148 Å². The van der Waals surface area contributed by atoms with Crippen LogP contribution in [0.1, 0.15) is 44.7 Å². The lowest BCUT2D eigenvalue weighted by Gasteiger charge is -2.30. The Bertz CT molecular complexity index is 626. The van der Waals surface area contributed by atoms with Crippen molar-refractivity contribution < 1.29 is 14.3 Å². The average molecular weight is 348 g/mol. The fourth-order valence-corrected chi connectivity index (χ4v) is 2.88. The van der Waals surface area contributed by atoms with E-state index < -0.39 is 0 Å². The number of ether oxygens (including phenoxy) is 2. The summed E-state index contributed by atoms with van der Waals surface area (Å²) >= 11 is 5.24. The van der Waals surface area contributed by atoms with E-state index in [-0.39, 0.29) is 12.0 Å². The van der Waals surface area contributed by atoms with Crippen molar-refractivity contribution in [2.24, 2.45) is 0 Å². The van der Waals surface area contributed by atoms with Crippen LogP contribution in [0.15, 0.2) is 35.5 Å². The molecule has 0 amide bonds. The molecule has 130 valence electrons. The summed E-state index contributed by atoms with van der Waals surface area (Å²) in [6, 6.07) is 7.23. The van der Waals surface area contributed by atoms with E-state index in [1.807, 2.05) is 31.2 Å². The van der Waals surface area contributed by atoms with Crippen LogP contribution in [0.4, 0.5) is 0 Å². The molecule has 0 aromatic heterocycles. The normalized spacial score (nSPS) is 17.1. The van der Waals surface area contributed by atoms with Crippen LogP contribution in [-0.2, 0) is 9.53 Å². The molecule has 1 aromatic rings.